The standard InChI is InChI=1S/C15H16FN3O2/c16-11-1-2-12-10(7-11)8-13(18-12)15(21)19-5-3-9(4-6-19)14(17)20/h1-2,7-9,18H,3-6H2,(H2,17,20). The van der Waals surface area contributed by atoms with Gasteiger partial charge < -0.3 is 15.6 Å². The number of nitrogens with two attached hydrogens (primary N) is 1. The number of amides is 2. The van der Waals surface area contributed by atoms with Crippen molar-refractivity contribution in [3.63, 3.8) is 0 Å². The molecular formula is C15H16FN3O2. The summed E-state index contributed by atoms with van der Waals surface area (Å²) in [5, 5.41) is 0.672. The van der Waals surface area contributed by atoms with Gasteiger partial charge >= 0.3 is 0 Å². The first-order valence-electron chi connectivity index (χ1n) is 6.91. The summed E-state index contributed by atoms with van der Waals surface area (Å²) in [5.74, 6) is -0.911. The number of fused-ring (bicyclic) bond motifs is 1. The van der Waals surface area contributed by atoms with E-state index in [-0.39, 0.29) is 23.5 Å². The molecule has 0 aliphatic carbocycles. The first-order chi connectivity index (χ1) is 10.0. The van der Waals surface area contributed by atoms with Crippen LogP contribution in [0.25, 0.3) is 10.9 Å². The number of piperidine rings is 1. The number of rotatable bonds is 2. The predicted octanol–water partition coefficient (Wildman–Crippen LogP) is 1.64. The molecule has 1 aliphatic rings. The maximum absolute atomic E-state index is 13.2. The van der Waals surface area contributed by atoms with Crippen molar-refractivity contribution in [3.8, 4) is 0 Å². The van der Waals surface area contributed by atoms with Crippen molar-refractivity contribution in [1.82, 2.24) is 9.88 Å². The third kappa shape index (κ3) is 2.61. The number of H-pyrrole nitrogens is 1. The van der Waals surface area contributed by atoms with Gasteiger partial charge in [0.1, 0.15) is 11.5 Å². The zero-order valence-corrected chi connectivity index (χ0v) is 11.4. The highest BCUT2D eigenvalue weighted by Gasteiger charge is 2.27. The number of carbonyl (C=O) groups is 2. The SMILES string of the molecule is NC(=O)C1CCN(C(=O)c2cc3cc(F)ccc3[nH]2)CC1. The Labute approximate surface area is 120 Å². The Kier molecular flexibility index (Phi) is 3.37. The molecule has 2 aromatic rings. The van der Waals surface area contributed by atoms with E-state index >= 15 is 0 Å². The highest BCUT2D eigenvalue weighted by Crippen LogP contribution is 2.21. The zero-order valence-electron chi connectivity index (χ0n) is 11.4. The molecule has 2 amide bonds. The van der Waals surface area contributed by atoms with Crippen LogP contribution in [0.3, 0.4) is 0 Å². The van der Waals surface area contributed by atoms with Gasteiger partial charge in [-0.05, 0) is 37.1 Å². The lowest BCUT2D eigenvalue weighted by atomic mass is 9.96. The minimum atomic E-state index is -0.331. The number of nitrogens with zero attached hydrogens (tertiary/aromatic N) is 1. The average Bonchev–Trinajstić information content (AvgIpc) is 2.89. The number of hydrogen-bond donors (Lipinski definition) is 2. The summed E-state index contributed by atoms with van der Waals surface area (Å²) >= 11 is 0. The van der Waals surface area contributed by atoms with Crippen LogP contribution in [0.5, 0.6) is 0 Å². The number of hydrogen-bond acceptors (Lipinski definition) is 2. The minimum absolute atomic E-state index is 0.130. The predicted molar refractivity (Wildman–Crippen MR) is 76.1 cm³/mol. The maximum atomic E-state index is 13.2. The van der Waals surface area contributed by atoms with E-state index in [1.807, 2.05) is 0 Å². The van der Waals surface area contributed by atoms with Crippen LogP contribution in [0, 0.1) is 11.7 Å². The number of halogens is 1. The molecule has 6 heteroatoms. The van der Waals surface area contributed by atoms with Gasteiger partial charge in [0.25, 0.3) is 5.91 Å². The molecule has 3 N–H and O–H groups in total. The van der Waals surface area contributed by atoms with E-state index in [0.717, 1.165) is 5.52 Å². The molecule has 0 atom stereocenters. The second-order valence-corrected chi connectivity index (χ2v) is 5.38. The third-order valence-electron chi connectivity index (χ3n) is 4.00. The molecule has 1 aliphatic heterocycles. The molecule has 1 saturated heterocycles. The molecule has 3 rings (SSSR count). The number of benzene rings is 1. The summed E-state index contributed by atoms with van der Waals surface area (Å²) in [6, 6.07) is 6.01. The Morgan fingerprint density at radius 2 is 1.95 bits per heavy atom. The van der Waals surface area contributed by atoms with Crippen molar-refractivity contribution in [2.45, 2.75) is 12.8 Å². The Morgan fingerprint density at radius 1 is 1.24 bits per heavy atom. The Balaban J connectivity index is 1.76. The van der Waals surface area contributed by atoms with Crippen LogP contribution in [0.2, 0.25) is 0 Å². The molecule has 110 valence electrons. The second-order valence-electron chi connectivity index (χ2n) is 5.38. The molecule has 1 fully saturated rings. The summed E-state index contributed by atoms with van der Waals surface area (Å²) in [6.07, 6.45) is 1.19. The lowest BCUT2D eigenvalue weighted by Gasteiger charge is -2.30. The molecule has 0 radical (unpaired) electrons. The lowest BCUT2D eigenvalue weighted by molar-refractivity contribution is -0.123. The van der Waals surface area contributed by atoms with Crippen molar-refractivity contribution in [3.05, 3.63) is 35.8 Å². The fourth-order valence-electron chi connectivity index (χ4n) is 2.76. The normalized spacial score (nSPS) is 16.3. The monoisotopic (exact) mass is 289 g/mol. The molecule has 0 bridgehead atoms. The van der Waals surface area contributed by atoms with Crippen LogP contribution in [0.1, 0.15) is 23.3 Å². The quantitative estimate of drug-likeness (QED) is 0.881. The van der Waals surface area contributed by atoms with Crippen molar-refractivity contribution < 1.29 is 14.0 Å². The van der Waals surface area contributed by atoms with Gasteiger partial charge in [0, 0.05) is 29.9 Å². The summed E-state index contributed by atoms with van der Waals surface area (Å²) in [7, 11) is 0. The molecule has 2 heterocycles. The molecule has 0 unspecified atom stereocenters. The molecule has 21 heavy (non-hydrogen) atoms. The van der Waals surface area contributed by atoms with E-state index in [1.165, 1.54) is 12.1 Å². The highest BCUT2D eigenvalue weighted by atomic mass is 19.1. The van der Waals surface area contributed by atoms with Gasteiger partial charge in [0.15, 0.2) is 0 Å². The second kappa shape index (κ2) is 5.20. The first kappa shape index (κ1) is 13.6. The fraction of sp³-hybridized carbons (Fsp3) is 0.333. The van der Waals surface area contributed by atoms with Crippen molar-refractivity contribution in [2.75, 3.05) is 13.1 Å². The number of carbonyl (C=O) groups excluding carboxylic acids is 2. The van der Waals surface area contributed by atoms with Crippen LogP contribution < -0.4 is 5.73 Å². The van der Waals surface area contributed by atoms with Gasteiger partial charge in [-0.3, -0.25) is 9.59 Å². The van der Waals surface area contributed by atoms with Crippen LogP contribution in [0.4, 0.5) is 4.39 Å². The van der Waals surface area contributed by atoms with E-state index in [1.54, 1.807) is 17.0 Å². The zero-order chi connectivity index (χ0) is 15.0. The fourth-order valence-corrected chi connectivity index (χ4v) is 2.76. The molecule has 1 aromatic heterocycles. The summed E-state index contributed by atoms with van der Waals surface area (Å²) < 4.78 is 13.2. The van der Waals surface area contributed by atoms with Crippen LogP contribution in [-0.2, 0) is 4.79 Å². The van der Waals surface area contributed by atoms with Gasteiger partial charge in [0.2, 0.25) is 5.91 Å². The molecule has 0 saturated carbocycles. The summed E-state index contributed by atoms with van der Waals surface area (Å²) in [6.45, 7) is 1.02. The third-order valence-corrected chi connectivity index (χ3v) is 4.00. The van der Waals surface area contributed by atoms with E-state index < -0.39 is 0 Å². The molecule has 5 nitrogen and oxygen atoms in total. The smallest absolute Gasteiger partial charge is 0.270 e. The van der Waals surface area contributed by atoms with Gasteiger partial charge in [-0.2, -0.15) is 0 Å². The van der Waals surface area contributed by atoms with Crippen molar-refractivity contribution in [2.24, 2.45) is 11.7 Å². The molecule has 0 spiro atoms. The molecular weight excluding hydrogens is 273 g/mol. The van der Waals surface area contributed by atoms with E-state index in [0.29, 0.717) is 37.0 Å². The largest absolute Gasteiger partial charge is 0.369 e. The van der Waals surface area contributed by atoms with E-state index in [2.05, 4.69) is 4.98 Å². The van der Waals surface area contributed by atoms with Gasteiger partial charge in [0.05, 0.1) is 0 Å². The summed E-state index contributed by atoms with van der Waals surface area (Å²) in [5.41, 5.74) is 6.45. The number of aromatic amines is 1. The molecule has 1 aromatic carbocycles. The summed E-state index contributed by atoms with van der Waals surface area (Å²) in [4.78, 5) is 28.2. The number of aromatic nitrogens is 1. The first-order valence-corrected chi connectivity index (χ1v) is 6.91. The van der Waals surface area contributed by atoms with Crippen molar-refractivity contribution in [1.29, 1.82) is 0 Å². The topological polar surface area (TPSA) is 79.2 Å². The maximum Gasteiger partial charge on any atom is 0.270 e. The minimum Gasteiger partial charge on any atom is -0.369 e. The van der Waals surface area contributed by atoms with Crippen LogP contribution >= 0.6 is 0 Å². The van der Waals surface area contributed by atoms with E-state index in [9.17, 15) is 14.0 Å². The van der Waals surface area contributed by atoms with Gasteiger partial charge in [-0.25, -0.2) is 4.39 Å². The van der Waals surface area contributed by atoms with Crippen molar-refractivity contribution >= 4 is 22.7 Å². The average molecular weight is 289 g/mol. The Bertz CT molecular complexity index is 702. The highest BCUT2D eigenvalue weighted by molar-refractivity contribution is 5.98. The van der Waals surface area contributed by atoms with Gasteiger partial charge in [-0.1, -0.05) is 0 Å². The van der Waals surface area contributed by atoms with Crippen LogP contribution in [-0.4, -0.2) is 34.8 Å². The Morgan fingerprint density at radius 3 is 2.62 bits per heavy atom. The van der Waals surface area contributed by atoms with E-state index in [4.69, 9.17) is 5.73 Å². The van der Waals surface area contributed by atoms with Crippen LogP contribution in [0.15, 0.2) is 24.3 Å². The number of primary amides is 1. The number of likely N-dealkylation sites (tertiary alicyclic amines) is 1. The lowest BCUT2D eigenvalue weighted by Crippen LogP contribution is -2.41. The Hall–Kier alpha value is -2.37. The van der Waals surface area contributed by atoms with Gasteiger partial charge in [-0.15, -0.1) is 0 Å². The number of nitrogens with one attached hydrogen (secondary N) is 1.